The molecule has 8 aromatic rings. The van der Waals surface area contributed by atoms with Crippen molar-refractivity contribution < 1.29 is 38.5 Å². The number of hydrogen-bond acceptors (Lipinski definition) is 2. The molecule has 2 saturated heterocycles. The van der Waals surface area contributed by atoms with Crippen LogP contribution >= 0.6 is 0 Å². The van der Waals surface area contributed by atoms with Gasteiger partial charge in [-0.2, -0.15) is 9.13 Å². The molecule has 6 aromatic carbocycles. The maximum Gasteiger partial charge on any atom is 0.213 e. The Bertz CT molecular complexity index is 2510. The van der Waals surface area contributed by atoms with Crippen molar-refractivity contribution in [1.29, 1.82) is 0 Å². The Morgan fingerprint density at radius 2 is 0.804 bits per heavy atom. The van der Waals surface area contributed by atoms with Gasteiger partial charge < -0.3 is 39.2 Å². The van der Waals surface area contributed by atoms with Gasteiger partial charge in [0.2, 0.25) is 22.1 Å². The van der Waals surface area contributed by atoms with Gasteiger partial charge in [-0.3, -0.25) is 0 Å². The summed E-state index contributed by atoms with van der Waals surface area (Å²) < 4.78 is 4.66. The molecular formula is C50H48BrClN4. The Morgan fingerprint density at radius 3 is 1.16 bits per heavy atom. The fourth-order valence-electron chi connectivity index (χ4n) is 8.92. The molecule has 0 amide bonds. The van der Waals surface area contributed by atoms with E-state index in [1.165, 1.54) is 129 Å². The molecule has 2 fully saturated rings. The lowest BCUT2D eigenvalue weighted by Gasteiger charge is -2.18. The lowest BCUT2D eigenvalue weighted by atomic mass is 9.95. The molecule has 0 radical (unpaired) electrons. The largest absolute Gasteiger partial charge is 1.00 e. The summed E-state index contributed by atoms with van der Waals surface area (Å²) in [6, 6.07) is 53.2. The van der Waals surface area contributed by atoms with E-state index in [-0.39, 0.29) is 29.4 Å². The fourth-order valence-corrected chi connectivity index (χ4v) is 8.92. The van der Waals surface area contributed by atoms with E-state index in [2.05, 4.69) is 178 Å². The van der Waals surface area contributed by atoms with E-state index in [0.29, 0.717) is 0 Å². The van der Waals surface area contributed by atoms with E-state index in [0.717, 1.165) is 6.54 Å². The van der Waals surface area contributed by atoms with Crippen molar-refractivity contribution in [3.05, 3.63) is 158 Å². The molecule has 0 atom stereocenters. The zero-order chi connectivity index (χ0) is 36.4. The summed E-state index contributed by atoms with van der Waals surface area (Å²) >= 11 is 0. The summed E-state index contributed by atoms with van der Waals surface area (Å²) in [5, 5.41) is 5.19. The number of anilines is 2. The number of allylic oxidation sites excluding steroid dienone is 1. The lowest BCUT2D eigenvalue weighted by Crippen LogP contribution is -3.00. The third kappa shape index (κ3) is 7.26. The molecule has 2 aliphatic rings. The van der Waals surface area contributed by atoms with Gasteiger partial charge in [-0.05, 0) is 91.4 Å². The molecular weight excluding hydrogens is 772 g/mol. The second-order valence-corrected chi connectivity index (χ2v) is 14.8. The highest BCUT2D eigenvalue weighted by atomic mass is 79.9. The van der Waals surface area contributed by atoms with E-state index in [9.17, 15) is 0 Å². The van der Waals surface area contributed by atoms with Crippen LogP contribution in [-0.4, -0.2) is 26.2 Å². The normalized spacial score (nSPS) is 13.7. The number of benzene rings is 6. The van der Waals surface area contributed by atoms with Crippen LogP contribution in [0.3, 0.4) is 0 Å². The average Bonchev–Trinajstić information content (AvgIpc) is 3.98. The molecule has 56 heavy (non-hydrogen) atoms. The minimum absolute atomic E-state index is 0. The number of rotatable bonds is 6. The van der Waals surface area contributed by atoms with E-state index in [1.807, 2.05) is 6.08 Å². The minimum Gasteiger partial charge on any atom is -1.00 e. The molecule has 0 N–H and O–H groups in total. The van der Waals surface area contributed by atoms with Crippen LogP contribution in [-0.2, 0) is 13.6 Å². The Hall–Kier alpha value is -5.23. The summed E-state index contributed by atoms with van der Waals surface area (Å²) in [5.74, 6) is 0. The molecule has 0 bridgehead atoms. The van der Waals surface area contributed by atoms with Gasteiger partial charge in [0, 0.05) is 72.9 Å². The number of para-hydroxylation sites is 4. The number of aryl methyl sites for hydroxylation is 1. The van der Waals surface area contributed by atoms with E-state index < -0.39 is 0 Å². The van der Waals surface area contributed by atoms with Crippen molar-refractivity contribution >= 4 is 55.0 Å². The van der Waals surface area contributed by atoms with Gasteiger partial charge in [-0.25, -0.2) is 0 Å². The number of nitrogens with zero attached hydrogens (tertiary/aromatic N) is 4. The van der Waals surface area contributed by atoms with Crippen LogP contribution in [0.15, 0.2) is 158 Å². The predicted molar refractivity (Wildman–Crippen MR) is 228 cm³/mol. The second-order valence-electron chi connectivity index (χ2n) is 14.8. The van der Waals surface area contributed by atoms with Gasteiger partial charge >= 0.3 is 0 Å². The summed E-state index contributed by atoms with van der Waals surface area (Å²) in [6.45, 7) is 9.50. The van der Waals surface area contributed by atoms with Crippen molar-refractivity contribution in [1.82, 2.24) is 0 Å². The number of aromatic nitrogens is 2. The number of pyridine rings is 2. The SMILES string of the molecule is C=CC[n+]1c2ccccc2c(-c2ccc(N3CCCC3)cc2)c2ccccc21.C[n+]1c2ccccc2c(-c2ccc(N3CCCC3)cc2)c2ccccc21.[Br-].[Cl-]. The fraction of sp³-hybridized carbons (Fsp3) is 0.200. The van der Waals surface area contributed by atoms with Gasteiger partial charge in [0.25, 0.3) is 0 Å². The molecule has 0 saturated carbocycles. The standard InChI is InChI=1S/C26H25N2.C24H23N2.BrH.ClH/c1-2-17-28-24-11-5-3-9-22(24)26(23-10-4-6-12-25(23)28)20-13-15-21(16-14-20)27-18-7-8-19-27;1-25-22-10-4-2-8-20(22)24(21-9-3-5-11-23(21)25)18-12-14-19(15-13-18)26-16-6-7-17-26;;/h2-6,9-16H,1,7-8,17-19H2;2-5,8-15H,6-7,16-17H2,1H3;2*1H/q2*+1;;/p-2. The van der Waals surface area contributed by atoms with Crippen LogP contribution in [0.2, 0.25) is 0 Å². The molecule has 4 nitrogen and oxygen atoms in total. The maximum absolute atomic E-state index is 3.97. The second kappa shape index (κ2) is 17.3. The van der Waals surface area contributed by atoms with Gasteiger partial charge in [0.1, 0.15) is 7.05 Å². The summed E-state index contributed by atoms with van der Waals surface area (Å²) in [6.07, 6.45) is 7.21. The Kier molecular flexibility index (Phi) is 12.0. The number of hydrogen-bond donors (Lipinski definition) is 0. The molecule has 2 aromatic heterocycles. The quantitative estimate of drug-likeness (QED) is 0.136. The molecule has 6 heteroatoms. The van der Waals surface area contributed by atoms with Gasteiger partial charge in [0.05, 0.1) is 21.5 Å². The smallest absolute Gasteiger partial charge is 0.213 e. The summed E-state index contributed by atoms with van der Waals surface area (Å²) in [7, 11) is 2.16. The van der Waals surface area contributed by atoms with Crippen molar-refractivity contribution in [2.24, 2.45) is 7.05 Å². The maximum atomic E-state index is 3.97. The highest BCUT2D eigenvalue weighted by Crippen LogP contribution is 2.37. The predicted octanol–water partition coefficient (Wildman–Crippen LogP) is 4.83. The third-order valence-corrected chi connectivity index (χ3v) is 11.6. The number of halogens is 2. The van der Waals surface area contributed by atoms with Gasteiger partial charge in [-0.15, -0.1) is 0 Å². The van der Waals surface area contributed by atoms with E-state index >= 15 is 0 Å². The summed E-state index contributed by atoms with van der Waals surface area (Å²) in [5.41, 5.74) is 13.0. The van der Waals surface area contributed by atoms with E-state index in [1.54, 1.807) is 0 Å². The van der Waals surface area contributed by atoms with E-state index in [4.69, 9.17) is 0 Å². The molecule has 2 aliphatic heterocycles. The first-order valence-corrected chi connectivity index (χ1v) is 19.6. The van der Waals surface area contributed by atoms with Crippen molar-refractivity contribution in [2.45, 2.75) is 32.2 Å². The third-order valence-electron chi connectivity index (χ3n) is 11.6. The molecule has 10 rings (SSSR count). The van der Waals surface area contributed by atoms with Gasteiger partial charge in [0.15, 0.2) is 6.54 Å². The Balaban J connectivity index is 0.000000166. The molecule has 4 heterocycles. The zero-order valence-electron chi connectivity index (χ0n) is 32.0. The lowest BCUT2D eigenvalue weighted by molar-refractivity contribution is -0.634. The van der Waals surface area contributed by atoms with Crippen molar-refractivity contribution in [3.8, 4) is 22.3 Å². The van der Waals surface area contributed by atoms with Crippen LogP contribution < -0.4 is 48.3 Å². The molecule has 0 aliphatic carbocycles. The first-order chi connectivity index (χ1) is 26.7. The zero-order valence-corrected chi connectivity index (χ0v) is 34.4. The van der Waals surface area contributed by atoms with Crippen LogP contribution in [0, 0.1) is 0 Å². The first kappa shape index (κ1) is 39.0. The highest BCUT2D eigenvalue weighted by Gasteiger charge is 2.22. The number of fused-ring (bicyclic) bond motifs is 4. The molecule has 0 unspecified atom stereocenters. The summed E-state index contributed by atoms with van der Waals surface area (Å²) in [4.78, 5) is 4.98. The first-order valence-electron chi connectivity index (χ1n) is 19.6. The Morgan fingerprint density at radius 1 is 0.482 bits per heavy atom. The van der Waals surface area contributed by atoms with Crippen molar-refractivity contribution in [2.75, 3.05) is 36.0 Å². The average molecular weight is 820 g/mol. The topological polar surface area (TPSA) is 14.2 Å². The monoisotopic (exact) mass is 818 g/mol. The van der Waals surface area contributed by atoms with Crippen LogP contribution in [0.1, 0.15) is 25.7 Å². The molecule has 0 spiro atoms. The van der Waals surface area contributed by atoms with Crippen molar-refractivity contribution in [3.63, 3.8) is 0 Å². The van der Waals surface area contributed by atoms with Crippen LogP contribution in [0.5, 0.6) is 0 Å². The van der Waals surface area contributed by atoms with Gasteiger partial charge in [-0.1, -0.05) is 79.4 Å². The highest BCUT2D eigenvalue weighted by molar-refractivity contribution is 6.08. The van der Waals surface area contributed by atoms with Crippen LogP contribution in [0.25, 0.3) is 65.9 Å². The molecule has 282 valence electrons. The minimum atomic E-state index is 0. The Labute approximate surface area is 347 Å². The van der Waals surface area contributed by atoms with Crippen LogP contribution in [0.4, 0.5) is 11.4 Å².